The Morgan fingerprint density at radius 2 is 1.95 bits per heavy atom. The predicted octanol–water partition coefficient (Wildman–Crippen LogP) is 1.95. The molecule has 1 aliphatic heterocycles. The van der Waals surface area contributed by atoms with Gasteiger partial charge in [-0.25, -0.2) is 0 Å². The summed E-state index contributed by atoms with van der Waals surface area (Å²) in [6.45, 7) is 2.68. The number of Topliss-reactive ketones (excluding diaryl/α,β-unsaturated/α-hetero) is 1. The summed E-state index contributed by atoms with van der Waals surface area (Å²) in [6, 6.07) is 6.76. The monoisotopic (exact) mass is 275 g/mol. The Balaban J connectivity index is 2.02. The molecule has 5 nitrogen and oxygen atoms in total. The topological polar surface area (TPSA) is 63.7 Å². The molecule has 0 N–H and O–H groups in total. The predicted molar refractivity (Wildman–Crippen MR) is 73.6 cm³/mol. The molecule has 0 unspecified atom stereocenters. The van der Waals surface area contributed by atoms with Crippen molar-refractivity contribution < 1.29 is 19.1 Å². The van der Waals surface area contributed by atoms with Gasteiger partial charge in [-0.1, -0.05) is 0 Å². The van der Waals surface area contributed by atoms with Crippen LogP contribution in [0.1, 0.15) is 36.5 Å². The minimum Gasteiger partial charge on any atom is -0.466 e. The molecule has 0 radical (unpaired) electrons. The Labute approximate surface area is 117 Å². The highest BCUT2D eigenvalue weighted by atomic mass is 16.5. The van der Waals surface area contributed by atoms with Crippen molar-refractivity contribution in [3.63, 3.8) is 0 Å². The van der Waals surface area contributed by atoms with Crippen molar-refractivity contribution in [1.82, 2.24) is 0 Å². The average Bonchev–Trinajstić information content (AvgIpc) is 2.85. The first-order valence-corrected chi connectivity index (χ1v) is 6.71. The van der Waals surface area contributed by atoms with Crippen LogP contribution in [0.5, 0.6) is 0 Å². The van der Waals surface area contributed by atoms with Gasteiger partial charge in [-0.2, -0.15) is 0 Å². The zero-order valence-corrected chi connectivity index (χ0v) is 11.4. The van der Waals surface area contributed by atoms with E-state index in [0.29, 0.717) is 12.0 Å². The second-order valence-electron chi connectivity index (χ2n) is 4.60. The number of amides is 1. The number of hydrogen-bond acceptors (Lipinski definition) is 4. The molecule has 0 saturated carbocycles. The van der Waals surface area contributed by atoms with Crippen molar-refractivity contribution in [2.75, 3.05) is 18.1 Å². The summed E-state index contributed by atoms with van der Waals surface area (Å²) in [5.41, 5.74) is 1.24. The highest BCUT2D eigenvalue weighted by Gasteiger charge is 2.21. The van der Waals surface area contributed by atoms with Gasteiger partial charge in [0.25, 0.3) is 0 Å². The molecule has 0 atom stereocenters. The molecule has 5 heteroatoms. The van der Waals surface area contributed by atoms with E-state index < -0.39 is 5.97 Å². The first kappa shape index (κ1) is 14.2. The second kappa shape index (κ2) is 6.32. The van der Waals surface area contributed by atoms with Crippen LogP contribution in [0.2, 0.25) is 0 Å². The zero-order chi connectivity index (χ0) is 14.5. The van der Waals surface area contributed by atoms with E-state index in [2.05, 4.69) is 0 Å². The van der Waals surface area contributed by atoms with Crippen molar-refractivity contribution >= 4 is 23.3 Å². The quantitative estimate of drug-likeness (QED) is 0.468. The molecular formula is C15H17NO4. The molecule has 1 saturated heterocycles. The fourth-order valence-electron chi connectivity index (χ4n) is 2.19. The number of ketones is 1. The van der Waals surface area contributed by atoms with E-state index >= 15 is 0 Å². The summed E-state index contributed by atoms with van der Waals surface area (Å²) in [4.78, 5) is 36.4. The van der Waals surface area contributed by atoms with Gasteiger partial charge in [0.05, 0.1) is 6.61 Å². The number of nitrogens with zero attached hydrogens (tertiary/aromatic N) is 1. The van der Waals surface area contributed by atoms with Crippen molar-refractivity contribution in [3.8, 4) is 0 Å². The van der Waals surface area contributed by atoms with Crippen molar-refractivity contribution in [3.05, 3.63) is 29.8 Å². The Bertz CT molecular complexity index is 521. The minimum atomic E-state index is -0.517. The van der Waals surface area contributed by atoms with Gasteiger partial charge >= 0.3 is 5.97 Å². The van der Waals surface area contributed by atoms with Crippen LogP contribution in [-0.4, -0.2) is 30.8 Å². The summed E-state index contributed by atoms with van der Waals surface area (Å²) in [6.07, 6.45) is 1.18. The first-order chi connectivity index (χ1) is 9.61. The minimum absolute atomic E-state index is 0.107. The molecule has 106 valence electrons. The largest absolute Gasteiger partial charge is 0.466 e. The van der Waals surface area contributed by atoms with Crippen LogP contribution in [0.15, 0.2) is 24.3 Å². The van der Waals surface area contributed by atoms with Gasteiger partial charge in [-0.3, -0.25) is 14.4 Å². The lowest BCUT2D eigenvalue weighted by atomic mass is 10.1. The number of rotatable bonds is 5. The zero-order valence-electron chi connectivity index (χ0n) is 11.4. The van der Waals surface area contributed by atoms with E-state index in [9.17, 15) is 14.4 Å². The Morgan fingerprint density at radius 3 is 2.50 bits per heavy atom. The number of anilines is 1. The van der Waals surface area contributed by atoms with Crippen LogP contribution in [-0.2, 0) is 14.3 Å². The lowest BCUT2D eigenvalue weighted by Gasteiger charge is -2.15. The van der Waals surface area contributed by atoms with E-state index in [0.717, 1.165) is 18.7 Å². The summed E-state index contributed by atoms with van der Waals surface area (Å²) in [5, 5.41) is 0. The molecule has 1 fully saturated rings. The van der Waals surface area contributed by atoms with E-state index in [1.54, 1.807) is 36.1 Å². The number of esters is 1. The van der Waals surface area contributed by atoms with Gasteiger partial charge in [-0.05, 0) is 37.6 Å². The molecule has 0 aliphatic carbocycles. The molecular weight excluding hydrogens is 258 g/mol. The molecule has 2 rings (SSSR count). The van der Waals surface area contributed by atoms with E-state index in [1.807, 2.05) is 0 Å². The molecule has 0 aromatic heterocycles. The van der Waals surface area contributed by atoms with Gasteiger partial charge in [0, 0.05) is 24.2 Å². The van der Waals surface area contributed by atoms with Crippen LogP contribution in [0.4, 0.5) is 5.69 Å². The number of ether oxygens (including phenoxy) is 1. The number of carbonyl (C=O) groups is 3. The summed E-state index contributed by atoms with van der Waals surface area (Å²) < 4.78 is 4.74. The Morgan fingerprint density at radius 1 is 1.25 bits per heavy atom. The highest BCUT2D eigenvalue weighted by Crippen LogP contribution is 2.21. The second-order valence-corrected chi connectivity index (χ2v) is 4.60. The fourth-order valence-corrected chi connectivity index (χ4v) is 2.19. The van der Waals surface area contributed by atoms with Crippen LogP contribution in [0.3, 0.4) is 0 Å². The summed E-state index contributed by atoms with van der Waals surface area (Å²) >= 11 is 0. The first-order valence-electron chi connectivity index (χ1n) is 6.71. The normalized spacial score (nSPS) is 14.4. The van der Waals surface area contributed by atoms with E-state index in [1.165, 1.54) is 0 Å². The third-order valence-corrected chi connectivity index (χ3v) is 3.18. The molecule has 1 aromatic rings. The fraction of sp³-hybridized carbons (Fsp3) is 0.400. The van der Waals surface area contributed by atoms with Crippen LogP contribution >= 0.6 is 0 Å². The number of benzene rings is 1. The third-order valence-electron chi connectivity index (χ3n) is 3.18. The van der Waals surface area contributed by atoms with E-state index in [4.69, 9.17) is 4.74 Å². The maximum atomic E-state index is 11.8. The maximum Gasteiger partial charge on any atom is 0.313 e. The van der Waals surface area contributed by atoms with E-state index in [-0.39, 0.29) is 24.7 Å². The molecule has 0 spiro atoms. The van der Waals surface area contributed by atoms with Crippen molar-refractivity contribution in [2.45, 2.75) is 26.2 Å². The maximum absolute atomic E-state index is 11.8. The molecule has 1 aliphatic rings. The Kier molecular flexibility index (Phi) is 4.50. The lowest BCUT2D eigenvalue weighted by Crippen LogP contribution is -2.23. The standard InChI is InChI=1S/C15H17NO4/c1-2-20-15(19)10-13(17)11-5-7-12(8-6-11)16-9-3-4-14(16)18/h5-8H,2-4,9-10H2,1H3. The van der Waals surface area contributed by atoms with Crippen molar-refractivity contribution in [2.24, 2.45) is 0 Å². The van der Waals surface area contributed by atoms with Crippen LogP contribution in [0, 0.1) is 0 Å². The van der Waals surface area contributed by atoms with Gasteiger partial charge < -0.3 is 9.64 Å². The molecule has 0 bridgehead atoms. The molecule has 1 heterocycles. The molecule has 20 heavy (non-hydrogen) atoms. The van der Waals surface area contributed by atoms with Crippen LogP contribution < -0.4 is 4.90 Å². The van der Waals surface area contributed by atoms with Crippen molar-refractivity contribution in [1.29, 1.82) is 0 Å². The van der Waals surface area contributed by atoms with Crippen LogP contribution in [0.25, 0.3) is 0 Å². The molecule has 1 amide bonds. The smallest absolute Gasteiger partial charge is 0.313 e. The lowest BCUT2D eigenvalue weighted by molar-refractivity contribution is -0.142. The number of hydrogen-bond donors (Lipinski definition) is 0. The SMILES string of the molecule is CCOC(=O)CC(=O)c1ccc(N2CCCC2=O)cc1. The summed E-state index contributed by atoms with van der Waals surface area (Å²) in [7, 11) is 0. The summed E-state index contributed by atoms with van der Waals surface area (Å²) in [5.74, 6) is -0.686. The molecule has 1 aromatic carbocycles. The van der Waals surface area contributed by atoms with Gasteiger partial charge in [0.15, 0.2) is 5.78 Å². The third kappa shape index (κ3) is 3.23. The van der Waals surface area contributed by atoms with Gasteiger partial charge in [-0.15, -0.1) is 0 Å². The number of carbonyl (C=O) groups excluding carboxylic acids is 3. The average molecular weight is 275 g/mol. The van der Waals surface area contributed by atoms with Gasteiger partial charge in [0.1, 0.15) is 6.42 Å². The highest BCUT2D eigenvalue weighted by molar-refractivity contribution is 6.06. The van der Waals surface area contributed by atoms with Gasteiger partial charge in [0.2, 0.25) is 5.91 Å². The Hall–Kier alpha value is -2.17.